The van der Waals surface area contributed by atoms with Gasteiger partial charge in [-0.05, 0) is 67.4 Å². The van der Waals surface area contributed by atoms with Crippen molar-refractivity contribution in [2.75, 3.05) is 18.2 Å². The Hall–Kier alpha value is -3.65. The lowest BCUT2D eigenvalue weighted by Crippen LogP contribution is -2.15. The van der Waals surface area contributed by atoms with Gasteiger partial charge >= 0.3 is 0 Å². The van der Waals surface area contributed by atoms with Gasteiger partial charge in [0.2, 0.25) is 5.91 Å². The van der Waals surface area contributed by atoms with Gasteiger partial charge in [0.05, 0.1) is 12.9 Å². The van der Waals surface area contributed by atoms with Crippen molar-refractivity contribution >= 4 is 23.4 Å². The molecule has 0 atom stereocenters. The van der Waals surface area contributed by atoms with Crippen LogP contribution in [0, 0.1) is 13.8 Å². The van der Waals surface area contributed by atoms with Crippen molar-refractivity contribution in [1.29, 1.82) is 0 Å². The number of nitrogens with zero attached hydrogens (tertiary/aromatic N) is 4. The first kappa shape index (κ1) is 21.6. The van der Waals surface area contributed by atoms with Crippen LogP contribution < -0.4 is 10.1 Å². The highest BCUT2D eigenvalue weighted by Crippen LogP contribution is 2.29. The fraction of sp³-hybridized carbons (Fsp3) is 0.167. The fourth-order valence-electron chi connectivity index (χ4n) is 3.21. The number of aryl methyl sites for hydroxylation is 1. The van der Waals surface area contributed by atoms with Gasteiger partial charge in [0, 0.05) is 29.3 Å². The minimum atomic E-state index is -0.101. The van der Waals surface area contributed by atoms with Gasteiger partial charge in [-0.2, -0.15) is 0 Å². The van der Waals surface area contributed by atoms with E-state index in [1.807, 2.05) is 73.0 Å². The lowest BCUT2D eigenvalue weighted by molar-refractivity contribution is -0.113. The number of nitrogens with one attached hydrogen (secondary N) is 1. The highest BCUT2D eigenvalue weighted by atomic mass is 32.2. The number of rotatable bonds is 7. The maximum Gasteiger partial charge on any atom is 0.234 e. The molecule has 2 heterocycles. The highest BCUT2D eigenvalue weighted by Gasteiger charge is 2.18. The van der Waals surface area contributed by atoms with Crippen molar-refractivity contribution in [2.45, 2.75) is 19.0 Å². The van der Waals surface area contributed by atoms with Crippen molar-refractivity contribution < 1.29 is 9.53 Å². The molecule has 2 aromatic carbocycles. The summed E-state index contributed by atoms with van der Waals surface area (Å²) < 4.78 is 7.20. The number of amides is 1. The van der Waals surface area contributed by atoms with Crippen LogP contribution in [0.2, 0.25) is 0 Å². The molecule has 0 bridgehead atoms. The Morgan fingerprint density at radius 2 is 1.88 bits per heavy atom. The van der Waals surface area contributed by atoms with E-state index in [1.54, 1.807) is 19.5 Å². The highest BCUT2D eigenvalue weighted by molar-refractivity contribution is 7.99. The largest absolute Gasteiger partial charge is 0.497 e. The number of methoxy groups -OCH3 is 1. The summed E-state index contributed by atoms with van der Waals surface area (Å²) in [6, 6.07) is 17.3. The Morgan fingerprint density at radius 1 is 1.06 bits per heavy atom. The third kappa shape index (κ3) is 4.65. The Kier molecular flexibility index (Phi) is 6.51. The molecule has 0 saturated carbocycles. The van der Waals surface area contributed by atoms with Gasteiger partial charge in [0.25, 0.3) is 0 Å². The number of pyridine rings is 1. The van der Waals surface area contributed by atoms with Crippen molar-refractivity contribution in [2.24, 2.45) is 0 Å². The van der Waals surface area contributed by atoms with Crippen LogP contribution in [0.3, 0.4) is 0 Å². The molecule has 0 aliphatic carbocycles. The summed E-state index contributed by atoms with van der Waals surface area (Å²) in [4.78, 5) is 16.8. The molecule has 1 N–H and O–H groups in total. The lowest BCUT2D eigenvalue weighted by Gasteiger charge is -2.12. The third-order valence-electron chi connectivity index (χ3n) is 5.09. The molecule has 7 nitrogen and oxygen atoms in total. The number of carbonyl (C=O) groups is 1. The molecule has 0 fully saturated rings. The first-order chi connectivity index (χ1) is 15.6. The van der Waals surface area contributed by atoms with Crippen LogP contribution in [0.1, 0.15) is 11.1 Å². The summed E-state index contributed by atoms with van der Waals surface area (Å²) in [6.45, 7) is 4.02. The number of hydrogen-bond acceptors (Lipinski definition) is 6. The standard InChI is InChI=1S/C24H23N5O2S/c1-16-6-4-8-21(17(16)2)26-22(30)15-32-24-28-27-23(18-7-5-13-25-14-18)29(24)19-9-11-20(31-3)12-10-19/h4-14H,15H2,1-3H3,(H,26,30). The van der Waals surface area contributed by atoms with E-state index in [9.17, 15) is 4.79 Å². The average Bonchev–Trinajstić information content (AvgIpc) is 3.25. The number of benzene rings is 2. The van der Waals surface area contributed by atoms with Crippen molar-refractivity contribution in [3.05, 3.63) is 78.1 Å². The summed E-state index contributed by atoms with van der Waals surface area (Å²) in [5, 5.41) is 12.3. The quantitative estimate of drug-likeness (QED) is 0.416. The molecule has 0 aliphatic rings. The second-order valence-corrected chi connectivity index (χ2v) is 8.11. The summed E-state index contributed by atoms with van der Waals surface area (Å²) >= 11 is 1.33. The molecular formula is C24H23N5O2S. The van der Waals surface area contributed by atoms with E-state index in [4.69, 9.17) is 4.74 Å². The van der Waals surface area contributed by atoms with Crippen LogP contribution in [0.15, 0.2) is 72.1 Å². The van der Waals surface area contributed by atoms with Gasteiger partial charge in [-0.3, -0.25) is 14.3 Å². The van der Waals surface area contributed by atoms with Gasteiger partial charge in [-0.1, -0.05) is 23.9 Å². The van der Waals surface area contributed by atoms with Crippen molar-refractivity contribution in [3.8, 4) is 22.8 Å². The molecular weight excluding hydrogens is 422 g/mol. The number of anilines is 1. The Morgan fingerprint density at radius 3 is 2.59 bits per heavy atom. The van der Waals surface area contributed by atoms with Crippen LogP contribution in [-0.4, -0.2) is 38.5 Å². The van der Waals surface area contributed by atoms with E-state index in [1.165, 1.54) is 11.8 Å². The second-order valence-electron chi connectivity index (χ2n) is 7.17. The van der Waals surface area contributed by atoms with Crippen LogP contribution in [0.25, 0.3) is 17.1 Å². The number of thioether (sulfide) groups is 1. The predicted octanol–water partition coefficient (Wildman–Crippen LogP) is 4.69. The summed E-state index contributed by atoms with van der Waals surface area (Å²) in [7, 11) is 1.63. The van der Waals surface area contributed by atoms with Crippen LogP contribution in [0.4, 0.5) is 5.69 Å². The number of carbonyl (C=O) groups excluding carboxylic acids is 1. The molecule has 32 heavy (non-hydrogen) atoms. The Labute approximate surface area is 190 Å². The molecule has 4 rings (SSSR count). The molecule has 0 saturated heterocycles. The smallest absolute Gasteiger partial charge is 0.234 e. The topological polar surface area (TPSA) is 81.9 Å². The normalized spacial score (nSPS) is 10.7. The number of aromatic nitrogens is 4. The number of hydrogen-bond donors (Lipinski definition) is 1. The van der Waals surface area contributed by atoms with E-state index in [-0.39, 0.29) is 11.7 Å². The van der Waals surface area contributed by atoms with Crippen LogP contribution in [0.5, 0.6) is 5.75 Å². The molecule has 8 heteroatoms. The van der Waals surface area contributed by atoms with E-state index in [2.05, 4.69) is 20.5 Å². The lowest BCUT2D eigenvalue weighted by atomic mass is 10.1. The van der Waals surface area contributed by atoms with E-state index >= 15 is 0 Å². The van der Waals surface area contributed by atoms with Gasteiger partial charge in [0.15, 0.2) is 11.0 Å². The number of ether oxygens (including phenoxy) is 1. The maximum atomic E-state index is 12.6. The Balaban J connectivity index is 1.60. The van der Waals surface area contributed by atoms with Crippen LogP contribution in [-0.2, 0) is 4.79 Å². The molecule has 2 aromatic heterocycles. The third-order valence-corrected chi connectivity index (χ3v) is 6.02. The Bertz CT molecular complexity index is 1220. The SMILES string of the molecule is COc1ccc(-n2c(SCC(=O)Nc3cccc(C)c3C)nnc2-c2cccnc2)cc1. The zero-order valence-corrected chi connectivity index (χ0v) is 18.9. The predicted molar refractivity (Wildman–Crippen MR) is 126 cm³/mol. The van der Waals surface area contributed by atoms with Crippen molar-refractivity contribution in [1.82, 2.24) is 19.7 Å². The fourth-order valence-corrected chi connectivity index (χ4v) is 3.96. The molecule has 0 radical (unpaired) electrons. The minimum absolute atomic E-state index is 0.101. The molecule has 0 aliphatic heterocycles. The zero-order chi connectivity index (χ0) is 22.5. The van der Waals surface area contributed by atoms with E-state index < -0.39 is 0 Å². The van der Waals surface area contributed by atoms with Gasteiger partial charge in [-0.15, -0.1) is 10.2 Å². The minimum Gasteiger partial charge on any atom is -0.497 e. The average molecular weight is 446 g/mol. The van der Waals surface area contributed by atoms with Crippen LogP contribution >= 0.6 is 11.8 Å². The summed E-state index contributed by atoms with van der Waals surface area (Å²) in [6.07, 6.45) is 3.45. The van der Waals surface area contributed by atoms with Crippen molar-refractivity contribution in [3.63, 3.8) is 0 Å². The summed E-state index contributed by atoms with van der Waals surface area (Å²) in [5.41, 5.74) is 4.72. The first-order valence-electron chi connectivity index (χ1n) is 10.1. The van der Waals surface area contributed by atoms with E-state index in [0.717, 1.165) is 33.8 Å². The van der Waals surface area contributed by atoms with Gasteiger partial charge < -0.3 is 10.1 Å². The molecule has 0 unspecified atom stereocenters. The molecule has 4 aromatic rings. The monoisotopic (exact) mass is 445 g/mol. The summed E-state index contributed by atoms with van der Waals surface area (Å²) in [5.74, 6) is 1.51. The van der Waals surface area contributed by atoms with Gasteiger partial charge in [-0.25, -0.2) is 0 Å². The van der Waals surface area contributed by atoms with Gasteiger partial charge in [0.1, 0.15) is 5.75 Å². The zero-order valence-electron chi connectivity index (χ0n) is 18.1. The second kappa shape index (κ2) is 9.65. The van der Waals surface area contributed by atoms with E-state index in [0.29, 0.717) is 11.0 Å². The maximum absolute atomic E-state index is 12.6. The molecule has 162 valence electrons. The molecule has 0 spiro atoms. The first-order valence-corrected chi connectivity index (χ1v) is 11.0. The molecule has 1 amide bonds.